The Hall–Kier alpha value is -4.78. The van der Waals surface area contributed by atoms with Crippen LogP contribution in [0.25, 0.3) is 0 Å². The Bertz CT molecular complexity index is 1620. The normalized spacial score (nSPS) is 14.2. The third-order valence-electron chi connectivity index (χ3n) is 9.35. The topological polar surface area (TPSA) is 80.3 Å². The number of carbonyl (C=O) groups excluding carboxylic acids is 2. The molecule has 0 aromatic heterocycles. The zero-order valence-electron chi connectivity index (χ0n) is 28.7. The van der Waals surface area contributed by atoms with E-state index in [9.17, 15) is 9.59 Å². The molecule has 0 spiro atoms. The number of hydrogen-bond donors (Lipinski definition) is 0. The van der Waals surface area contributed by atoms with Gasteiger partial charge in [0, 0.05) is 6.42 Å². The van der Waals surface area contributed by atoms with E-state index >= 15 is 0 Å². The summed E-state index contributed by atoms with van der Waals surface area (Å²) in [5.74, 6) is 2.75. The standard InChI is InChI=1S/C42H48O7/c1-45-41(43)17-9-4-3-8-14-33(37-26-27-47-40-28-35(42(44)46-2)22-25-38(37)40)20-21-34-15-10-11-16-39(34)49-30-32-18-23-36(24-19-32)48-29-31-12-6-5-7-13-31/h5-7,10-13,15-16,18-19,22-25,28,33,37H,3-4,8-9,14,17,20-21,26-27,29-30H2,1-2H3. The summed E-state index contributed by atoms with van der Waals surface area (Å²) in [7, 11) is 2.84. The summed E-state index contributed by atoms with van der Waals surface area (Å²) in [4.78, 5) is 23.7. The van der Waals surface area contributed by atoms with Gasteiger partial charge < -0.3 is 23.7 Å². The Morgan fingerprint density at radius 2 is 1.49 bits per heavy atom. The first-order valence-corrected chi connectivity index (χ1v) is 17.4. The van der Waals surface area contributed by atoms with Gasteiger partial charge in [-0.2, -0.15) is 0 Å². The minimum Gasteiger partial charge on any atom is -0.493 e. The molecule has 1 aliphatic rings. The van der Waals surface area contributed by atoms with E-state index in [1.807, 2.05) is 54.6 Å². The molecule has 0 saturated carbocycles. The zero-order valence-corrected chi connectivity index (χ0v) is 28.7. The van der Waals surface area contributed by atoms with Crippen molar-refractivity contribution in [2.24, 2.45) is 5.92 Å². The predicted octanol–water partition coefficient (Wildman–Crippen LogP) is 9.26. The van der Waals surface area contributed by atoms with E-state index in [1.54, 1.807) is 0 Å². The number of unbranched alkanes of at least 4 members (excludes halogenated alkanes) is 3. The van der Waals surface area contributed by atoms with Crippen molar-refractivity contribution in [3.05, 3.63) is 125 Å². The smallest absolute Gasteiger partial charge is 0.337 e. The molecule has 2 unspecified atom stereocenters. The Kier molecular flexibility index (Phi) is 13.5. The molecular weight excluding hydrogens is 616 g/mol. The summed E-state index contributed by atoms with van der Waals surface area (Å²) < 4.78 is 28.1. The minimum atomic E-state index is -0.360. The number of esters is 2. The summed E-state index contributed by atoms with van der Waals surface area (Å²) in [6.07, 6.45) is 8.37. The number of benzene rings is 4. The van der Waals surface area contributed by atoms with Crippen molar-refractivity contribution in [2.75, 3.05) is 20.8 Å². The van der Waals surface area contributed by atoms with E-state index in [1.165, 1.54) is 19.8 Å². The van der Waals surface area contributed by atoms with Gasteiger partial charge in [0.15, 0.2) is 0 Å². The Labute approximate surface area is 290 Å². The summed E-state index contributed by atoms with van der Waals surface area (Å²) >= 11 is 0. The van der Waals surface area contributed by atoms with Crippen LogP contribution in [-0.2, 0) is 33.9 Å². The van der Waals surface area contributed by atoms with Gasteiger partial charge in [0.05, 0.1) is 26.4 Å². The maximum absolute atomic E-state index is 12.2. The molecular formula is C42H48O7. The van der Waals surface area contributed by atoms with E-state index in [-0.39, 0.29) is 11.9 Å². The fourth-order valence-corrected chi connectivity index (χ4v) is 6.61. The highest BCUT2D eigenvalue weighted by Gasteiger charge is 2.29. The SMILES string of the molecule is COC(=O)CCCCCCC(CCc1ccccc1OCc1ccc(OCc2ccccc2)cc1)C1CCOc2cc(C(=O)OC)ccc21. The van der Waals surface area contributed by atoms with Gasteiger partial charge in [-0.15, -0.1) is 0 Å². The average molecular weight is 665 g/mol. The van der Waals surface area contributed by atoms with E-state index < -0.39 is 0 Å². The largest absolute Gasteiger partial charge is 0.493 e. The molecule has 4 aromatic carbocycles. The minimum absolute atomic E-state index is 0.145. The van der Waals surface area contributed by atoms with Crippen LogP contribution in [0.4, 0.5) is 0 Å². The van der Waals surface area contributed by atoms with Crippen LogP contribution in [0.3, 0.4) is 0 Å². The number of ether oxygens (including phenoxy) is 5. The van der Waals surface area contributed by atoms with Crippen LogP contribution in [0.5, 0.6) is 17.2 Å². The molecule has 2 atom stereocenters. The third-order valence-corrected chi connectivity index (χ3v) is 9.35. The number of carbonyl (C=O) groups is 2. The van der Waals surface area contributed by atoms with Gasteiger partial charge in [-0.25, -0.2) is 4.79 Å². The molecule has 0 amide bonds. The Morgan fingerprint density at radius 1 is 0.755 bits per heavy atom. The highest BCUT2D eigenvalue weighted by Crippen LogP contribution is 2.43. The van der Waals surface area contributed by atoms with Crippen LogP contribution in [0.2, 0.25) is 0 Å². The number of methoxy groups -OCH3 is 2. The van der Waals surface area contributed by atoms with Crippen molar-refractivity contribution in [3.63, 3.8) is 0 Å². The number of aryl methyl sites for hydroxylation is 1. The van der Waals surface area contributed by atoms with Gasteiger partial charge in [0.2, 0.25) is 0 Å². The molecule has 258 valence electrons. The van der Waals surface area contributed by atoms with Crippen molar-refractivity contribution in [3.8, 4) is 17.2 Å². The van der Waals surface area contributed by atoms with E-state index in [0.29, 0.717) is 43.6 Å². The lowest BCUT2D eigenvalue weighted by atomic mass is 9.76. The van der Waals surface area contributed by atoms with E-state index in [4.69, 9.17) is 23.7 Å². The van der Waals surface area contributed by atoms with Gasteiger partial charge in [0.25, 0.3) is 0 Å². The Morgan fingerprint density at radius 3 is 2.29 bits per heavy atom. The monoisotopic (exact) mass is 664 g/mol. The first-order chi connectivity index (χ1) is 24.0. The van der Waals surface area contributed by atoms with Gasteiger partial charge in [-0.1, -0.05) is 86.0 Å². The maximum atomic E-state index is 12.2. The molecule has 0 saturated heterocycles. The fraction of sp³-hybridized carbons (Fsp3) is 0.381. The molecule has 7 heteroatoms. The number of hydrogen-bond acceptors (Lipinski definition) is 7. The fourth-order valence-electron chi connectivity index (χ4n) is 6.61. The predicted molar refractivity (Wildman–Crippen MR) is 190 cm³/mol. The lowest BCUT2D eigenvalue weighted by molar-refractivity contribution is -0.140. The molecule has 0 aliphatic carbocycles. The number of rotatable bonds is 18. The summed E-state index contributed by atoms with van der Waals surface area (Å²) in [5.41, 5.74) is 5.08. The first-order valence-electron chi connectivity index (χ1n) is 17.4. The highest BCUT2D eigenvalue weighted by molar-refractivity contribution is 5.90. The van der Waals surface area contributed by atoms with Gasteiger partial charge in [-0.05, 0) is 96.5 Å². The van der Waals surface area contributed by atoms with Crippen LogP contribution >= 0.6 is 0 Å². The molecule has 4 aromatic rings. The van der Waals surface area contributed by atoms with Crippen molar-refractivity contribution in [1.82, 2.24) is 0 Å². The van der Waals surface area contributed by atoms with Crippen molar-refractivity contribution in [2.45, 2.75) is 76.9 Å². The Balaban J connectivity index is 1.22. The van der Waals surface area contributed by atoms with Crippen LogP contribution in [0.1, 0.15) is 89.9 Å². The van der Waals surface area contributed by atoms with Gasteiger partial charge >= 0.3 is 11.9 Å². The molecule has 0 bridgehead atoms. The number of fused-ring (bicyclic) bond motifs is 1. The second kappa shape index (κ2) is 18.7. The van der Waals surface area contributed by atoms with E-state index in [2.05, 4.69) is 42.5 Å². The van der Waals surface area contributed by atoms with Crippen LogP contribution in [-0.4, -0.2) is 32.8 Å². The molecule has 0 N–H and O–H groups in total. The molecule has 7 nitrogen and oxygen atoms in total. The third kappa shape index (κ3) is 10.6. The van der Waals surface area contributed by atoms with Gasteiger partial charge in [0.1, 0.15) is 30.5 Å². The maximum Gasteiger partial charge on any atom is 0.337 e. The van der Waals surface area contributed by atoms with Crippen LogP contribution in [0.15, 0.2) is 97.1 Å². The molecule has 49 heavy (non-hydrogen) atoms. The van der Waals surface area contributed by atoms with E-state index in [0.717, 1.165) is 85.3 Å². The molecule has 1 heterocycles. The molecule has 1 aliphatic heterocycles. The average Bonchev–Trinajstić information content (AvgIpc) is 3.16. The van der Waals surface area contributed by atoms with Crippen molar-refractivity contribution >= 4 is 11.9 Å². The lowest BCUT2D eigenvalue weighted by Gasteiger charge is -2.33. The van der Waals surface area contributed by atoms with Crippen molar-refractivity contribution in [1.29, 1.82) is 0 Å². The second-order valence-electron chi connectivity index (χ2n) is 12.6. The van der Waals surface area contributed by atoms with Crippen LogP contribution in [0, 0.1) is 5.92 Å². The molecule has 0 fully saturated rings. The van der Waals surface area contributed by atoms with Gasteiger partial charge in [-0.3, -0.25) is 4.79 Å². The summed E-state index contributed by atoms with van der Waals surface area (Å²) in [6, 6.07) is 32.3. The van der Waals surface area contributed by atoms with Crippen LogP contribution < -0.4 is 14.2 Å². The molecule has 5 rings (SSSR count). The summed E-state index contributed by atoms with van der Waals surface area (Å²) in [6.45, 7) is 1.63. The zero-order chi connectivity index (χ0) is 34.3. The quantitative estimate of drug-likeness (QED) is 0.0775. The first kappa shape index (κ1) is 35.5. The number of para-hydroxylation sites is 1. The second-order valence-corrected chi connectivity index (χ2v) is 12.6. The summed E-state index contributed by atoms with van der Waals surface area (Å²) in [5, 5.41) is 0. The molecule has 0 radical (unpaired) electrons. The van der Waals surface area contributed by atoms with Crippen molar-refractivity contribution < 1.29 is 33.3 Å². The lowest BCUT2D eigenvalue weighted by Crippen LogP contribution is -2.22. The highest BCUT2D eigenvalue weighted by atomic mass is 16.5.